The number of hydrogen-bond acceptors (Lipinski definition) is 6. The molecular formula is C31H39N5O2. The fraction of sp³-hybridized carbons (Fsp3) is 0.355. The molecule has 0 saturated carbocycles. The van der Waals surface area contributed by atoms with Gasteiger partial charge in [-0.15, -0.1) is 0 Å². The first-order chi connectivity index (χ1) is 18.6. The maximum Gasteiger partial charge on any atom is 0.160 e. The number of rotatable bonds is 14. The van der Waals surface area contributed by atoms with Crippen LogP contribution in [-0.2, 0) is 12.8 Å². The number of benzene rings is 2. The molecule has 0 saturated heterocycles. The molecule has 0 bridgehead atoms. The number of fused-ring (bicyclic) bond motifs is 1. The third-order valence-electron chi connectivity index (χ3n) is 6.54. The van der Waals surface area contributed by atoms with Crippen LogP contribution in [0.1, 0.15) is 49.9 Å². The van der Waals surface area contributed by atoms with Gasteiger partial charge in [0.25, 0.3) is 0 Å². The molecule has 200 valence electrons. The molecule has 0 aliphatic heterocycles. The van der Waals surface area contributed by atoms with Gasteiger partial charge >= 0.3 is 0 Å². The highest BCUT2D eigenvalue weighted by Gasteiger charge is 2.11. The van der Waals surface area contributed by atoms with Gasteiger partial charge in [0.15, 0.2) is 11.5 Å². The van der Waals surface area contributed by atoms with Gasteiger partial charge in [0.2, 0.25) is 0 Å². The Hall–Kier alpha value is -4.00. The molecule has 2 aromatic carbocycles. The van der Waals surface area contributed by atoms with E-state index in [9.17, 15) is 0 Å². The van der Waals surface area contributed by atoms with Gasteiger partial charge in [0.05, 0.1) is 26.1 Å². The normalized spacial score (nSPS) is 11.3. The zero-order valence-electron chi connectivity index (χ0n) is 23.0. The van der Waals surface area contributed by atoms with E-state index in [4.69, 9.17) is 14.5 Å². The number of pyridine rings is 1. The number of aromatic nitrogens is 2. The van der Waals surface area contributed by atoms with E-state index in [1.54, 1.807) is 14.2 Å². The number of nitrogens with zero attached hydrogens (tertiary/aromatic N) is 3. The van der Waals surface area contributed by atoms with Crippen molar-refractivity contribution in [3.8, 4) is 11.5 Å². The lowest BCUT2D eigenvalue weighted by molar-refractivity contribution is 0.354. The molecule has 2 heterocycles. The van der Waals surface area contributed by atoms with Crippen LogP contribution in [0.5, 0.6) is 11.5 Å². The van der Waals surface area contributed by atoms with Crippen LogP contribution in [0.3, 0.4) is 0 Å². The lowest BCUT2D eigenvalue weighted by Crippen LogP contribution is -2.26. The zero-order chi connectivity index (χ0) is 26.7. The minimum atomic E-state index is 0.751. The van der Waals surface area contributed by atoms with Gasteiger partial charge in [-0.25, -0.2) is 4.98 Å². The highest BCUT2D eigenvalue weighted by atomic mass is 16.5. The van der Waals surface area contributed by atoms with Gasteiger partial charge in [0, 0.05) is 47.5 Å². The Kier molecular flexibility index (Phi) is 9.62. The van der Waals surface area contributed by atoms with Crippen molar-refractivity contribution in [2.24, 2.45) is 5.10 Å². The van der Waals surface area contributed by atoms with Crippen molar-refractivity contribution in [2.75, 3.05) is 37.6 Å². The smallest absolute Gasteiger partial charge is 0.160 e. The van der Waals surface area contributed by atoms with Crippen LogP contribution in [0.4, 0.5) is 11.5 Å². The number of aryl methyl sites for hydroxylation is 2. The van der Waals surface area contributed by atoms with Crippen LogP contribution >= 0.6 is 0 Å². The number of ether oxygens (including phenoxy) is 2. The summed E-state index contributed by atoms with van der Waals surface area (Å²) in [6.07, 6.45) is 8.78. The molecule has 0 unspecified atom stereocenters. The first kappa shape index (κ1) is 27.0. The summed E-state index contributed by atoms with van der Waals surface area (Å²) >= 11 is 0. The van der Waals surface area contributed by atoms with E-state index < -0.39 is 0 Å². The summed E-state index contributed by atoms with van der Waals surface area (Å²) in [5, 5.41) is 5.72. The monoisotopic (exact) mass is 513 g/mol. The molecule has 0 amide bonds. The lowest BCUT2D eigenvalue weighted by atomic mass is 10.1. The van der Waals surface area contributed by atoms with E-state index in [0.29, 0.717) is 0 Å². The largest absolute Gasteiger partial charge is 0.493 e. The van der Waals surface area contributed by atoms with Crippen molar-refractivity contribution in [1.82, 2.24) is 9.97 Å². The first-order valence-electron chi connectivity index (χ1n) is 13.5. The van der Waals surface area contributed by atoms with Gasteiger partial charge in [-0.1, -0.05) is 38.1 Å². The molecule has 0 aliphatic carbocycles. The molecule has 4 aromatic rings. The van der Waals surface area contributed by atoms with E-state index in [0.717, 1.165) is 90.4 Å². The number of hydrogen-bond donors (Lipinski definition) is 2. The first-order valence-corrected chi connectivity index (χ1v) is 13.5. The van der Waals surface area contributed by atoms with Crippen molar-refractivity contribution >= 4 is 28.6 Å². The quantitative estimate of drug-likeness (QED) is 0.143. The Morgan fingerprint density at radius 2 is 1.74 bits per heavy atom. The second-order valence-electron chi connectivity index (χ2n) is 9.39. The van der Waals surface area contributed by atoms with Crippen LogP contribution in [0, 0.1) is 0 Å². The third kappa shape index (κ3) is 6.85. The molecule has 7 nitrogen and oxygen atoms in total. The SMILES string of the molecule is CCCN(CCC)c1cc(N/N=C/c2c[nH]c3ccccc23)cc(CCCc2ccc(OC)c(OC)c2)n1. The molecule has 7 heteroatoms. The van der Waals surface area contributed by atoms with Gasteiger partial charge in [-0.3, -0.25) is 5.43 Å². The van der Waals surface area contributed by atoms with Crippen molar-refractivity contribution in [3.05, 3.63) is 77.6 Å². The molecule has 0 atom stereocenters. The zero-order valence-corrected chi connectivity index (χ0v) is 23.0. The van der Waals surface area contributed by atoms with E-state index in [2.05, 4.69) is 70.7 Å². The van der Waals surface area contributed by atoms with Gasteiger partial charge in [0.1, 0.15) is 5.82 Å². The van der Waals surface area contributed by atoms with Gasteiger partial charge in [-0.2, -0.15) is 5.10 Å². The molecule has 38 heavy (non-hydrogen) atoms. The summed E-state index contributed by atoms with van der Waals surface area (Å²) in [7, 11) is 3.33. The van der Waals surface area contributed by atoms with E-state index in [-0.39, 0.29) is 0 Å². The fourth-order valence-corrected chi connectivity index (χ4v) is 4.69. The molecule has 0 aliphatic rings. The summed E-state index contributed by atoms with van der Waals surface area (Å²) in [4.78, 5) is 10.7. The van der Waals surface area contributed by atoms with Crippen molar-refractivity contribution in [1.29, 1.82) is 0 Å². The Morgan fingerprint density at radius 3 is 2.50 bits per heavy atom. The molecule has 2 aromatic heterocycles. The Labute approximate surface area is 225 Å². The summed E-state index contributed by atoms with van der Waals surface area (Å²) in [5.74, 6) is 2.52. The average Bonchev–Trinajstić information content (AvgIpc) is 3.36. The lowest BCUT2D eigenvalue weighted by Gasteiger charge is -2.24. The van der Waals surface area contributed by atoms with Crippen molar-refractivity contribution in [2.45, 2.75) is 46.0 Å². The summed E-state index contributed by atoms with van der Waals surface area (Å²) in [6, 6.07) is 18.6. The standard InChI is InChI=1S/C31H39N5O2/c1-5-16-36(17-6-2)31-20-26(35-33-22-24-21-32-28-13-8-7-12-27(24)28)19-25(34-31)11-9-10-23-14-15-29(37-3)30(18-23)38-4/h7-8,12-15,18-22,32H,5-6,9-11,16-17H2,1-4H3,(H,34,35)/b33-22+. The minimum absolute atomic E-state index is 0.751. The Morgan fingerprint density at radius 1 is 0.947 bits per heavy atom. The number of anilines is 2. The van der Waals surface area contributed by atoms with Crippen molar-refractivity contribution < 1.29 is 9.47 Å². The van der Waals surface area contributed by atoms with Crippen LogP contribution in [0.25, 0.3) is 10.9 Å². The second kappa shape index (κ2) is 13.5. The minimum Gasteiger partial charge on any atom is -0.493 e. The maximum atomic E-state index is 5.47. The number of para-hydroxylation sites is 1. The number of H-pyrrole nitrogens is 1. The van der Waals surface area contributed by atoms with Gasteiger partial charge < -0.3 is 19.4 Å². The van der Waals surface area contributed by atoms with Gasteiger partial charge in [-0.05, 0) is 61.9 Å². The summed E-state index contributed by atoms with van der Waals surface area (Å²) in [6.45, 7) is 6.38. The summed E-state index contributed by atoms with van der Waals surface area (Å²) in [5.41, 5.74) is 8.65. The highest BCUT2D eigenvalue weighted by Crippen LogP contribution is 2.28. The predicted molar refractivity (Wildman–Crippen MR) is 158 cm³/mol. The van der Waals surface area contributed by atoms with Crippen LogP contribution in [0.15, 0.2) is 65.9 Å². The number of nitrogens with one attached hydrogen (secondary N) is 2. The molecule has 0 fully saturated rings. The average molecular weight is 514 g/mol. The number of hydrazone groups is 1. The molecule has 0 spiro atoms. The second-order valence-corrected chi connectivity index (χ2v) is 9.39. The fourth-order valence-electron chi connectivity index (χ4n) is 4.69. The summed E-state index contributed by atoms with van der Waals surface area (Å²) < 4.78 is 10.8. The van der Waals surface area contributed by atoms with Crippen LogP contribution < -0.4 is 19.8 Å². The predicted octanol–water partition coefficient (Wildman–Crippen LogP) is 6.83. The Balaban J connectivity index is 1.50. The Bertz CT molecular complexity index is 1340. The van der Waals surface area contributed by atoms with Crippen LogP contribution in [-0.4, -0.2) is 43.5 Å². The van der Waals surface area contributed by atoms with E-state index in [1.807, 2.05) is 30.6 Å². The van der Waals surface area contributed by atoms with Crippen molar-refractivity contribution in [3.63, 3.8) is 0 Å². The molecule has 4 rings (SSSR count). The third-order valence-corrected chi connectivity index (χ3v) is 6.54. The molecular weight excluding hydrogens is 474 g/mol. The number of methoxy groups -OCH3 is 2. The molecule has 0 radical (unpaired) electrons. The highest BCUT2D eigenvalue weighted by molar-refractivity contribution is 5.99. The topological polar surface area (TPSA) is 74.8 Å². The number of aromatic amines is 1. The molecule has 2 N–H and O–H groups in total. The van der Waals surface area contributed by atoms with Crippen LogP contribution in [0.2, 0.25) is 0 Å². The van der Waals surface area contributed by atoms with E-state index in [1.165, 1.54) is 5.56 Å². The van der Waals surface area contributed by atoms with E-state index >= 15 is 0 Å². The maximum absolute atomic E-state index is 5.47.